The van der Waals surface area contributed by atoms with E-state index in [1.807, 2.05) is 35.2 Å². The van der Waals surface area contributed by atoms with E-state index in [1.54, 1.807) is 11.0 Å². The van der Waals surface area contributed by atoms with Crippen molar-refractivity contribution in [2.45, 2.75) is 38.3 Å². The summed E-state index contributed by atoms with van der Waals surface area (Å²) in [4.78, 5) is 45.4. The number of piperidine rings is 1. The van der Waals surface area contributed by atoms with Crippen LogP contribution in [-0.2, 0) is 22.5 Å². The number of fused-ring (bicyclic) bond motifs is 1. The molecule has 0 N–H and O–H groups in total. The van der Waals surface area contributed by atoms with Crippen molar-refractivity contribution < 1.29 is 23.9 Å². The van der Waals surface area contributed by atoms with E-state index in [0.29, 0.717) is 50.2 Å². The second kappa shape index (κ2) is 9.80. The van der Waals surface area contributed by atoms with Crippen LogP contribution in [0.4, 0.5) is 4.79 Å². The molecule has 0 unspecified atom stereocenters. The van der Waals surface area contributed by atoms with Gasteiger partial charge in [-0.05, 0) is 43.4 Å². The number of pyridine rings is 1. The maximum atomic E-state index is 13.2. The molecule has 1 saturated heterocycles. The summed E-state index contributed by atoms with van der Waals surface area (Å²) in [5, 5.41) is 0. The number of likely N-dealkylation sites (tertiary alicyclic amines) is 1. The second-order valence-electron chi connectivity index (χ2n) is 8.04. The van der Waals surface area contributed by atoms with Gasteiger partial charge in [0, 0.05) is 25.7 Å². The van der Waals surface area contributed by atoms with E-state index >= 15 is 0 Å². The van der Waals surface area contributed by atoms with Crippen molar-refractivity contribution in [1.29, 1.82) is 0 Å². The van der Waals surface area contributed by atoms with Crippen LogP contribution in [0.2, 0.25) is 0 Å². The summed E-state index contributed by atoms with van der Waals surface area (Å²) in [6.07, 6.45) is 2.49. The molecule has 1 aromatic heterocycles. The first kappa shape index (κ1) is 21.8. The third kappa shape index (κ3) is 4.74. The summed E-state index contributed by atoms with van der Waals surface area (Å²) in [5.74, 6) is -0.570. The smallest absolute Gasteiger partial charge is 0.410 e. The third-order valence-corrected chi connectivity index (χ3v) is 6.04. The predicted molar refractivity (Wildman–Crippen MR) is 116 cm³/mol. The maximum Gasteiger partial charge on any atom is 0.410 e. The highest BCUT2D eigenvalue weighted by molar-refractivity contribution is 5.97. The molecule has 1 aromatic carbocycles. The fraction of sp³-hybridized carbons (Fsp3) is 0.417. The molecule has 8 nitrogen and oxygen atoms in total. The molecule has 2 amide bonds. The number of benzene rings is 1. The quantitative estimate of drug-likeness (QED) is 0.683. The third-order valence-electron chi connectivity index (χ3n) is 6.04. The molecular formula is C24H27N3O5. The van der Waals surface area contributed by atoms with E-state index in [-0.39, 0.29) is 30.3 Å². The highest BCUT2D eigenvalue weighted by atomic mass is 16.6. The first-order valence-corrected chi connectivity index (χ1v) is 10.9. The van der Waals surface area contributed by atoms with Crippen LogP contribution in [0.3, 0.4) is 0 Å². The molecular weight excluding hydrogens is 410 g/mol. The van der Waals surface area contributed by atoms with Gasteiger partial charge in [0.1, 0.15) is 12.3 Å². The average Bonchev–Trinajstić information content (AvgIpc) is 3.01. The Bertz CT molecular complexity index is 986. The van der Waals surface area contributed by atoms with Gasteiger partial charge in [0.2, 0.25) is 0 Å². The SMILES string of the molecule is COC(=O)c1ccc2c(n1)CCCN(C1CCN(C(=O)OCc3ccccc3)CC1)C2=O. The first-order chi connectivity index (χ1) is 15.6. The summed E-state index contributed by atoms with van der Waals surface area (Å²) in [6.45, 7) is 1.98. The van der Waals surface area contributed by atoms with Crippen molar-refractivity contribution in [3.63, 3.8) is 0 Å². The second-order valence-corrected chi connectivity index (χ2v) is 8.04. The molecule has 0 atom stereocenters. The molecule has 0 bridgehead atoms. The van der Waals surface area contributed by atoms with E-state index in [2.05, 4.69) is 4.98 Å². The molecule has 8 heteroatoms. The Morgan fingerprint density at radius 2 is 1.81 bits per heavy atom. The monoisotopic (exact) mass is 437 g/mol. The molecule has 1 fully saturated rings. The van der Waals surface area contributed by atoms with Crippen molar-refractivity contribution in [3.05, 3.63) is 65.0 Å². The molecule has 168 valence electrons. The Hall–Kier alpha value is -3.42. The number of methoxy groups -OCH3 is 1. The molecule has 2 aliphatic heterocycles. The Balaban J connectivity index is 1.35. The topological polar surface area (TPSA) is 89.0 Å². The highest BCUT2D eigenvalue weighted by Gasteiger charge is 2.33. The summed E-state index contributed by atoms with van der Waals surface area (Å²) >= 11 is 0. The molecule has 0 aliphatic carbocycles. The molecule has 0 saturated carbocycles. The number of rotatable bonds is 4. The molecule has 4 rings (SSSR count). The molecule has 2 aliphatic rings. The molecule has 32 heavy (non-hydrogen) atoms. The number of amides is 2. The summed E-state index contributed by atoms with van der Waals surface area (Å²) in [5.41, 5.74) is 2.35. The van der Waals surface area contributed by atoms with E-state index < -0.39 is 5.97 Å². The van der Waals surface area contributed by atoms with Crippen molar-refractivity contribution in [1.82, 2.24) is 14.8 Å². The van der Waals surface area contributed by atoms with E-state index in [9.17, 15) is 14.4 Å². The lowest BCUT2D eigenvalue weighted by Gasteiger charge is -2.37. The Morgan fingerprint density at radius 1 is 1.06 bits per heavy atom. The van der Waals surface area contributed by atoms with E-state index in [1.165, 1.54) is 13.2 Å². The van der Waals surface area contributed by atoms with Crippen molar-refractivity contribution >= 4 is 18.0 Å². The van der Waals surface area contributed by atoms with Gasteiger partial charge in [-0.25, -0.2) is 14.6 Å². The van der Waals surface area contributed by atoms with E-state index in [4.69, 9.17) is 9.47 Å². The lowest BCUT2D eigenvalue weighted by molar-refractivity contribution is 0.0521. The summed E-state index contributed by atoms with van der Waals surface area (Å²) < 4.78 is 10.2. The number of esters is 1. The Labute approximate surface area is 187 Å². The van der Waals surface area contributed by atoms with Gasteiger partial charge in [-0.1, -0.05) is 30.3 Å². The van der Waals surface area contributed by atoms with Crippen molar-refractivity contribution in [2.75, 3.05) is 26.7 Å². The number of hydrogen-bond donors (Lipinski definition) is 0. The number of hydrogen-bond acceptors (Lipinski definition) is 6. The summed E-state index contributed by atoms with van der Waals surface area (Å²) in [7, 11) is 1.31. The number of carbonyl (C=O) groups is 3. The zero-order valence-electron chi connectivity index (χ0n) is 18.2. The fourth-order valence-electron chi connectivity index (χ4n) is 4.30. The Morgan fingerprint density at radius 3 is 2.53 bits per heavy atom. The zero-order valence-corrected chi connectivity index (χ0v) is 18.2. The minimum atomic E-state index is -0.507. The number of aryl methyl sites for hydroxylation is 1. The largest absolute Gasteiger partial charge is 0.464 e. The normalized spacial score (nSPS) is 16.8. The van der Waals surface area contributed by atoms with Crippen LogP contribution in [-0.4, -0.2) is 65.5 Å². The first-order valence-electron chi connectivity index (χ1n) is 10.9. The van der Waals surface area contributed by atoms with Gasteiger partial charge < -0.3 is 19.3 Å². The predicted octanol–water partition coefficient (Wildman–Crippen LogP) is 3.06. The number of aromatic nitrogens is 1. The van der Waals surface area contributed by atoms with Gasteiger partial charge in [0.05, 0.1) is 18.4 Å². The van der Waals surface area contributed by atoms with Gasteiger partial charge in [0.25, 0.3) is 5.91 Å². The van der Waals surface area contributed by atoms with Crippen LogP contribution in [0.25, 0.3) is 0 Å². The molecule has 3 heterocycles. The van der Waals surface area contributed by atoms with Crippen LogP contribution in [0, 0.1) is 0 Å². The highest BCUT2D eigenvalue weighted by Crippen LogP contribution is 2.24. The van der Waals surface area contributed by atoms with Crippen LogP contribution in [0.5, 0.6) is 0 Å². The molecule has 0 spiro atoms. The lowest BCUT2D eigenvalue weighted by atomic mass is 10.0. The Kier molecular flexibility index (Phi) is 6.68. The number of carbonyl (C=O) groups excluding carboxylic acids is 3. The van der Waals surface area contributed by atoms with Crippen molar-refractivity contribution in [3.8, 4) is 0 Å². The van der Waals surface area contributed by atoms with Gasteiger partial charge >= 0.3 is 12.1 Å². The van der Waals surface area contributed by atoms with Crippen molar-refractivity contribution in [2.24, 2.45) is 0 Å². The van der Waals surface area contributed by atoms with Crippen LogP contribution in [0.15, 0.2) is 42.5 Å². The van der Waals surface area contributed by atoms with Gasteiger partial charge in [-0.15, -0.1) is 0 Å². The van der Waals surface area contributed by atoms with Gasteiger partial charge in [-0.2, -0.15) is 0 Å². The zero-order chi connectivity index (χ0) is 22.5. The standard InChI is InChI=1S/C24H27N3O5/c1-31-23(29)21-10-9-19-20(25-21)8-5-13-27(22(19)28)18-11-14-26(15-12-18)24(30)32-16-17-6-3-2-4-7-17/h2-4,6-7,9-10,18H,5,8,11-16H2,1H3. The average molecular weight is 437 g/mol. The maximum absolute atomic E-state index is 13.2. The fourth-order valence-corrected chi connectivity index (χ4v) is 4.30. The number of nitrogens with zero attached hydrogens (tertiary/aromatic N) is 3. The van der Waals surface area contributed by atoms with E-state index in [0.717, 1.165) is 12.0 Å². The van der Waals surface area contributed by atoms with Crippen LogP contribution < -0.4 is 0 Å². The van der Waals surface area contributed by atoms with Gasteiger partial charge in [-0.3, -0.25) is 4.79 Å². The lowest BCUT2D eigenvalue weighted by Crippen LogP contribution is -2.49. The summed E-state index contributed by atoms with van der Waals surface area (Å²) in [6, 6.07) is 12.9. The minimum Gasteiger partial charge on any atom is -0.464 e. The minimum absolute atomic E-state index is 0.0620. The van der Waals surface area contributed by atoms with Crippen LogP contribution >= 0.6 is 0 Å². The van der Waals surface area contributed by atoms with Gasteiger partial charge in [0.15, 0.2) is 0 Å². The number of ether oxygens (including phenoxy) is 2. The molecule has 0 radical (unpaired) electrons. The molecule has 2 aromatic rings. The van der Waals surface area contributed by atoms with Crippen LogP contribution in [0.1, 0.15) is 51.4 Å².